The zero-order chi connectivity index (χ0) is 17.6. The zero-order valence-corrected chi connectivity index (χ0v) is 14.9. The van der Waals surface area contributed by atoms with Crippen LogP contribution >= 0.6 is 0 Å². The predicted molar refractivity (Wildman–Crippen MR) is 92.5 cm³/mol. The topological polar surface area (TPSA) is 74.6 Å². The summed E-state index contributed by atoms with van der Waals surface area (Å²) in [4.78, 5) is 16.9. The summed E-state index contributed by atoms with van der Waals surface area (Å²) >= 11 is 0. The fourth-order valence-electron chi connectivity index (χ4n) is 3.38. The number of carbonyl (C=O) groups excluding carboxylic acids is 1. The molecule has 0 aromatic carbocycles. The lowest BCUT2D eigenvalue weighted by Crippen LogP contribution is -2.43. The molecule has 0 spiro atoms. The molecule has 0 saturated carbocycles. The third kappa shape index (κ3) is 4.70. The van der Waals surface area contributed by atoms with E-state index in [2.05, 4.69) is 15.1 Å². The van der Waals surface area contributed by atoms with Crippen molar-refractivity contribution in [1.82, 2.24) is 20.0 Å². The van der Waals surface area contributed by atoms with E-state index in [0.29, 0.717) is 13.2 Å². The van der Waals surface area contributed by atoms with Crippen LogP contribution in [0, 0.1) is 5.92 Å². The first-order chi connectivity index (χ1) is 12.2. The van der Waals surface area contributed by atoms with Crippen LogP contribution in [0.4, 0.5) is 0 Å². The maximum atomic E-state index is 12.8. The van der Waals surface area contributed by atoms with Gasteiger partial charge in [0.2, 0.25) is 5.91 Å². The van der Waals surface area contributed by atoms with Crippen LogP contribution in [0.25, 0.3) is 0 Å². The fraction of sp³-hybridized carbons (Fsp3) is 0.556. The van der Waals surface area contributed by atoms with Gasteiger partial charge in [0.25, 0.3) is 0 Å². The Morgan fingerprint density at radius 1 is 1.56 bits per heavy atom. The molecule has 3 heterocycles. The zero-order valence-electron chi connectivity index (χ0n) is 14.9. The van der Waals surface area contributed by atoms with Gasteiger partial charge in [-0.2, -0.15) is 5.10 Å². The van der Waals surface area contributed by atoms with Gasteiger partial charge in [-0.15, -0.1) is 0 Å². The highest BCUT2D eigenvalue weighted by Crippen LogP contribution is 2.21. The van der Waals surface area contributed by atoms with Crippen LogP contribution in [0.1, 0.15) is 30.0 Å². The van der Waals surface area contributed by atoms with Crippen molar-refractivity contribution < 1.29 is 13.9 Å². The fourth-order valence-corrected chi connectivity index (χ4v) is 3.38. The Kier molecular flexibility index (Phi) is 5.88. The minimum Gasteiger partial charge on any atom is -0.468 e. The second-order valence-corrected chi connectivity index (χ2v) is 6.67. The van der Waals surface area contributed by atoms with Crippen LogP contribution in [0.3, 0.4) is 0 Å². The lowest BCUT2D eigenvalue weighted by molar-refractivity contribution is -0.136. The molecule has 1 saturated heterocycles. The number of furan rings is 1. The normalized spacial score (nSPS) is 18.4. The van der Waals surface area contributed by atoms with Crippen molar-refractivity contribution in [3.63, 3.8) is 0 Å². The summed E-state index contributed by atoms with van der Waals surface area (Å²) in [7, 11) is 3.49. The average Bonchev–Trinajstić information content (AvgIpc) is 3.27. The van der Waals surface area contributed by atoms with Gasteiger partial charge in [0.15, 0.2) is 0 Å². The van der Waals surface area contributed by atoms with E-state index in [1.807, 2.05) is 25.2 Å². The molecular formula is C18H26N4O3. The van der Waals surface area contributed by atoms with Crippen LogP contribution in [0.15, 0.2) is 28.9 Å². The highest BCUT2D eigenvalue weighted by atomic mass is 16.5. The van der Waals surface area contributed by atoms with Gasteiger partial charge in [-0.3, -0.25) is 14.8 Å². The number of methoxy groups -OCH3 is 1. The van der Waals surface area contributed by atoms with Crippen molar-refractivity contribution in [3.8, 4) is 0 Å². The number of hydrogen-bond donors (Lipinski definition) is 1. The number of aromatic nitrogens is 2. The Bertz CT molecular complexity index is 668. The quantitative estimate of drug-likeness (QED) is 0.830. The standard InChI is InChI=1S/C18H26N4O3/c1-21(11-15-9-16(13-24-2)20-19-15)18(23)14-5-3-7-22(10-14)12-17-6-4-8-25-17/h4,6,8-9,14H,3,5,7,10-13H2,1-2H3,(H,19,20)/t14-/m0/s1. The number of rotatable bonds is 7. The number of aromatic amines is 1. The van der Waals surface area contributed by atoms with Gasteiger partial charge in [-0.25, -0.2) is 0 Å². The molecule has 1 amide bonds. The van der Waals surface area contributed by atoms with Gasteiger partial charge in [0.1, 0.15) is 5.76 Å². The Morgan fingerprint density at radius 2 is 2.44 bits per heavy atom. The molecule has 136 valence electrons. The molecule has 7 nitrogen and oxygen atoms in total. The van der Waals surface area contributed by atoms with Crippen LogP contribution < -0.4 is 0 Å². The van der Waals surface area contributed by atoms with Crippen LogP contribution in [0.2, 0.25) is 0 Å². The third-order valence-corrected chi connectivity index (χ3v) is 4.57. The van der Waals surface area contributed by atoms with E-state index >= 15 is 0 Å². The summed E-state index contributed by atoms with van der Waals surface area (Å²) in [5.74, 6) is 1.17. The van der Waals surface area contributed by atoms with E-state index in [9.17, 15) is 4.79 Å². The summed E-state index contributed by atoms with van der Waals surface area (Å²) in [5.41, 5.74) is 1.77. The van der Waals surface area contributed by atoms with Gasteiger partial charge in [0, 0.05) is 20.7 Å². The lowest BCUT2D eigenvalue weighted by Gasteiger charge is -2.33. The van der Waals surface area contributed by atoms with Crippen molar-refractivity contribution in [2.24, 2.45) is 5.92 Å². The smallest absolute Gasteiger partial charge is 0.227 e. The molecule has 1 N–H and O–H groups in total. The Balaban J connectivity index is 1.53. The van der Waals surface area contributed by atoms with E-state index < -0.39 is 0 Å². The molecule has 7 heteroatoms. The third-order valence-electron chi connectivity index (χ3n) is 4.57. The summed E-state index contributed by atoms with van der Waals surface area (Å²) in [6, 6.07) is 5.82. The second kappa shape index (κ2) is 8.31. The molecule has 0 unspecified atom stereocenters. The predicted octanol–water partition coefficient (Wildman–Crippen LogP) is 2.02. The lowest BCUT2D eigenvalue weighted by atomic mass is 9.96. The number of carbonyl (C=O) groups is 1. The first-order valence-corrected chi connectivity index (χ1v) is 8.67. The minimum atomic E-state index is 0.0371. The number of H-pyrrole nitrogens is 1. The number of nitrogens with one attached hydrogen (secondary N) is 1. The summed E-state index contributed by atoms with van der Waals surface area (Å²) in [6.07, 6.45) is 3.67. The molecule has 0 radical (unpaired) electrons. The second-order valence-electron chi connectivity index (χ2n) is 6.67. The number of piperidine rings is 1. The molecule has 1 aliphatic rings. The van der Waals surface area contributed by atoms with Gasteiger partial charge < -0.3 is 14.1 Å². The molecular weight excluding hydrogens is 320 g/mol. The summed E-state index contributed by atoms with van der Waals surface area (Å²) in [6.45, 7) is 3.56. The highest BCUT2D eigenvalue weighted by molar-refractivity contribution is 5.78. The Labute approximate surface area is 147 Å². The van der Waals surface area contributed by atoms with Crippen molar-refractivity contribution in [2.75, 3.05) is 27.2 Å². The first-order valence-electron chi connectivity index (χ1n) is 8.67. The monoisotopic (exact) mass is 346 g/mol. The highest BCUT2D eigenvalue weighted by Gasteiger charge is 2.28. The van der Waals surface area contributed by atoms with E-state index in [1.54, 1.807) is 18.3 Å². The van der Waals surface area contributed by atoms with E-state index in [-0.39, 0.29) is 11.8 Å². The molecule has 3 rings (SSSR count). The van der Waals surface area contributed by atoms with Crippen molar-refractivity contribution >= 4 is 5.91 Å². The summed E-state index contributed by atoms with van der Waals surface area (Å²) in [5, 5.41) is 7.15. The SMILES string of the molecule is COCc1cc(CN(C)C(=O)[C@H]2CCCN(Cc3ccco3)C2)[nH]n1. The molecule has 2 aromatic rings. The maximum Gasteiger partial charge on any atom is 0.227 e. The minimum absolute atomic E-state index is 0.0371. The molecule has 25 heavy (non-hydrogen) atoms. The van der Waals surface area contributed by atoms with Gasteiger partial charge in [-0.05, 0) is 37.6 Å². The number of nitrogens with zero attached hydrogens (tertiary/aromatic N) is 3. The van der Waals surface area contributed by atoms with E-state index in [0.717, 1.165) is 49.6 Å². The van der Waals surface area contributed by atoms with Gasteiger partial charge in [-0.1, -0.05) is 0 Å². The van der Waals surface area contributed by atoms with E-state index in [4.69, 9.17) is 9.15 Å². The number of amides is 1. The van der Waals surface area contributed by atoms with Crippen LogP contribution in [-0.4, -0.2) is 53.2 Å². The average molecular weight is 346 g/mol. The van der Waals surface area contributed by atoms with Crippen LogP contribution in [0.5, 0.6) is 0 Å². The number of likely N-dealkylation sites (tertiary alicyclic amines) is 1. The van der Waals surface area contributed by atoms with Crippen LogP contribution in [-0.2, 0) is 29.2 Å². The number of ether oxygens (including phenoxy) is 1. The Morgan fingerprint density at radius 3 is 3.20 bits per heavy atom. The van der Waals surface area contributed by atoms with Crippen molar-refractivity contribution in [3.05, 3.63) is 41.6 Å². The summed E-state index contributed by atoms with van der Waals surface area (Å²) < 4.78 is 10.5. The number of hydrogen-bond acceptors (Lipinski definition) is 5. The first kappa shape index (κ1) is 17.7. The largest absolute Gasteiger partial charge is 0.468 e. The molecule has 1 fully saturated rings. The maximum absolute atomic E-state index is 12.8. The molecule has 0 aliphatic carbocycles. The van der Waals surface area contributed by atoms with Crippen molar-refractivity contribution in [1.29, 1.82) is 0 Å². The van der Waals surface area contributed by atoms with E-state index in [1.165, 1.54) is 0 Å². The molecule has 2 aromatic heterocycles. The van der Waals surface area contributed by atoms with Crippen molar-refractivity contribution in [2.45, 2.75) is 32.5 Å². The molecule has 1 atom stereocenters. The Hall–Kier alpha value is -2.12. The molecule has 1 aliphatic heterocycles. The van der Waals surface area contributed by atoms with Gasteiger partial charge in [0.05, 0.1) is 43.3 Å². The van der Waals surface area contributed by atoms with Gasteiger partial charge >= 0.3 is 0 Å². The molecule has 0 bridgehead atoms.